The quantitative estimate of drug-likeness (QED) is 0.399. The van der Waals surface area contributed by atoms with Crippen molar-refractivity contribution in [3.8, 4) is 17.2 Å². The number of para-hydroxylation sites is 2. The SMILES string of the molecule is CCCNC(=O)c1cc(NC(=O)c2ccc(OC)cc2OC)ccc1N1CCN(c2ccccc2OC)CC1. The standard InChI is InChI=1S/C30H36N4O5/c1-5-14-31-29(35)24-19-21(32-30(36)23-12-11-22(37-2)20-28(23)39-4)10-13-25(24)33-15-17-34(18-16-33)26-8-6-7-9-27(26)38-3/h6-13,19-20H,5,14-18H2,1-4H3,(H,31,35)(H,32,36). The zero-order valence-electron chi connectivity index (χ0n) is 23.0. The van der Waals surface area contributed by atoms with Crippen molar-refractivity contribution in [3.63, 3.8) is 0 Å². The number of rotatable bonds is 10. The van der Waals surface area contributed by atoms with Gasteiger partial charge in [-0.3, -0.25) is 9.59 Å². The van der Waals surface area contributed by atoms with Crippen molar-refractivity contribution in [2.24, 2.45) is 0 Å². The first-order valence-electron chi connectivity index (χ1n) is 13.1. The second-order valence-electron chi connectivity index (χ2n) is 9.15. The Kier molecular flexibility index (Phi) is 9.14. The van der Waals surface area contributed by atoms with Crippen LogP contribution in [-0.4, -0.2) is 65.9 Å². The molecule has 1 heterocycles. The van der Waals surface area contributed by atoms with Crippen LogP contribution in [0.5, 0.6) is 17.2 Å². The molecule has 0 unspecified atom stereocenters. The maximum Gasteiger partial charge on any atom is 0.259 e. The second kappa shape index (κ2) is 12.9. The molecular weight excluding hydrogens is 496 g/mol. The van der Waals surface area contributed by atoms with Crippen molar-refractivity contribution >= 4 is 28.9 Å². The fourth-order valence-corrected chi connectivity index (χ4v) is 4.67. The van der Waals surface area contributed by atoms with Gasteiger partial charge in [-0.25, -0.2) is 0 Å². The van der Waals surface area contributed by atoms with E-state index in [9.17, 15) is 9.59 Å². The van der Waals surface area contributed by atoms with Crippen molar-refractivity contribution in [1.29, 1.82) is 0 Å². The van der Waals surface area contributed by atoms with Gasteiger partial charge < -0.3 is 34.6 Å². The fraction of sp³-hybridized carbons (Fsp3) is 0.333. The number of hydrogen-bond acceptors (Lipinski definition) is 7. The number of carbonyl (C=O) groups is 2. The van der Waals surface area contributed by atoms with Crippen molar-refractivity contribution in [1.82, 2.24) is 5.32 Å². The highest BCUT2D eigenvalue weighted by atomic mass is 16.5. The molecule has 1 saturated heterocycles. The van der Waals surface area contributed by atoms with Crippen LogP contribution in [-0.2, 0) is 0 Å². The highest BCUT2D eigenvalue weighted by Crippen LogP contribution is 2.31. The first-order valence-corrected chi connectivity index (χ1v) is 13.1. The molecule has 9 heteroatoms. The molecular formula is C30H36N4O5. The van der Waals surface area contributed by atoms with Gasteiger partial charge in [-0.1, -0.05) is 19.1 Å². The summed E-state index contributed by atoms with van der Waals surface area (Å²) in [5.74, 6) is 1.33. The molecule has 0 aliphatic carbocycles. The number of amides is 2. The predicted octanol–water partition coefficient (Wildman–Crippen LogP) is 4.43. The maximum absolute atomic E-state index is 13.2. The summed E-state index contributed by atoms with van der Waals surface area (Å²) >= 11 is 0. The van der Waals surface area contributed by atoms with Crippen LogP contribution in [0.1, 0.15) is 34.1 Å². The number of hydrogen-bond donors (Lipinski definition) is 2. The third kappa shape index (κ3) is 6.37. The number of piperazine rings is 1. The molecule has 2 N–H and O–H groups in total. The van der Waals surface area contributed by atoms with Crippen molar-refractivity contribution in [2.75, 3.05) is 69.2 Å². The maximum atomic E-state index is 13.2. The number of benzene rings is 3. The van der Waals surface area contributed by atoms with Gasteiger partial charge in [0.15, 0.2) is 0 Å². The monoisotopic (exact) mass is 532 g/mol. The zero-order chi connectivity index (χ0) is 27.8. The number of methoxy groups -OCH3 is 3. The van der Waals surface area contributed by atoms with E-state index in [1.165, 1.54) is 7.11 Å². The minimum absolute atomic E-state index is 0.169. The molecule has 4 rings (SSSR count). The highest BCUT2D eigenvalue weighted by molar-refractivity contribution is 6.08. The Labute approximate surface area is 229 Å². The number of carbonyl (C=O) groups excluding carboxylic acids is 2. The predicted molar refractivity (Wildman–Crippen MR) is 154 cm³/mol. The average Bonchev–Trinajstić information content (AvgIpc) is 2.99. The Balaban J connectivity index is 1.55. The van der Waals surface area contributed by atoms with Crippen LogP contribution in [0.4, 0.5) is 17.1 Å². The van der Waals surface area contributed by atoms with Gasteiger partial charge >= 0.3 is 0 Å². The molecule has 1 aliphatic heterocycles. The van der Waals surface area contributed by atoms with Crippen LogP contribution >= 0.6 is 0 Å². The largest absolute Gasteiger partial charge is 0.497 e. The number of anilines is 3. The zero-order valence-corrected chi connectivity index (χ0v) is 23.0. The topological polar surface area (TPSA) is 92.4 Å². The average molecular weight is 533 g/mol. The van der Waals surface area contributed by atoms with Gasteiger partial charge in [-0.2, -0.15) is 0 Å². The summed E-state index contributed by atoms with van der Waals surface area (Å²) in [4.78, 5) is 30.8. The third-order valence-electron chi connectivity index (χ3n) is 6.73. The van der Waals surface area contributed by atoms with E-state index in [4.69, 9.17) is 14.2 Å². The van der Waals surface area contributed by atoms with Crippen LogP contribution in [0.2, 0.25) is 0 Å². The lowest BCUT2D eigenvalue weighted by atomic mass is 10.1. The Hall–Kier alpha value is -4.40. The van der Waals surface area contributed by atoms with Gasteiger partial charge in [-0.15, -0.1) is 0 Å². The molecule has 0 spiro atoms. The van der Waals surface area contributed by atoms with Crippen molar-refractivity contribution in [2.45, 2.75) is 13.3 Å². The van der Waals surface area contributed by atoms with E-state index >= 15 is 0 Å². The molecule has 0 radical (unpaired) electrons. The lowest BCUT2D eigenvalue weighted by Crippen LogP contribution is -2.47. The Bertz CT molecular complexity index is 1300. The van der Waals surface area contributed by atoms with E-state index in [2.05, 4.69) is 26.5 Å². The summed E-state index contributed by atoms with van der Waals surface area (Å²) in [5.41, 5.74) is 3.31. The van der Waals surface area contributed by atoms with Crippen molar-refractivity contribution in [3.05, 3.63) is 71.8 Å². The van der Waals surface area contributed by atoms with Gasteiger partial charge in [0.1, 0.15) is 17.2 Å². The minimum atomic E-state index is -0.340. The normalized spacial score (nSPS) is 13.0. The van der Waals surface area contributed by atoms with Gasteiger partial charge in [0.05, 0.1) is 38.1 Å². The van der Waals surface area contributed by atoms with Crippen LogP contribution < -0.4 is 34.6 Å². The lowest BCUT2D eigenvalue weighted by molar-refractivity contribution is 0.0952. The molecule has 3 aromatic rings. The van der Waals surface area contributed by atoms with E-state index in [1.807, 2.05) is 37.3 Å². The molecule has 39 heavy (non-hydrogen) atoms. The molecule has 0 atom stereocenters. The van der Waals surface area contributed by atoms with Gasteiger partial charge in [0.25, 0.3) is 11.8 Å². The third-order valence-corrected chi connectivity index (χ3v) is 6.73. The molecule has 0 aromatic heterocycles. The smallest absolute Gasteiger partial charge is 0.259 e. The van der Waals surface area contributed by atoms with E-state index in [-0.39, 0.29) is 11.8 Å². The number of ether oxygens (including phenoxy) is 3. The second-order valence-corrected chi connectivity index (χ2v) is 9.15. The van der Waals surface area contributed by atoms with E-state index in [0.29, 0.717) is 34.9 Å². The molecule has 1 fully saturated rings. The Morgan fingerprint density at radius 1 is 0.744 bits per heavy atom. The van der Waals surface area contributed by atoms with Crippen molar-refractivity contribution < 1.29 is 23.8 Å². The molecule has 0 saturated carbocycles. The first-order chi connectivity index (χ1) is 19.0. The Morgan fingerprint density at radius 2 is 1.44 bits per heavy atom. The summed E-state index contributed by atoms with van der Waals surface area (Å²) in [7, 11) is 4.74. The molecule has 206 valence electrons. The van der Waals surface area contributed by atoms with E-state index < -0.39 is 0 Å². The molecule has 1 aliphatic rings. The highest BCUT2D eigenvalue weighted by Gasteiger charge is 2.24. The summed E-state index contributed by atoms with van der Waals surface area (Å²) < 4.78 is 16.2. The Morgan fingerprint density at radius 3 is 2.10 bits per heavy atom. The van der Waals surface area contributed by atoms with Gasteiger partial charge in [-0.05, 0) is 48.9 Å². The van der Waals surface area contributed by atoms with Gasteiger partial charge in [0, 0.05) is 50.2 Å². The fourth-order valence-electron chi connectivity index (χ4n) is 4.67. The van der Waals surface area contributed by atoms with Crippen LogP contribution in [0.15, 0.2) is 60.7 Å². The molecule has 0 bridgehead atoms. The van der Waals surface area contributed by atoms with Crippen LogP contribution in [0.3, 0.4) is 0 Å². The molecule has 9 nitrogen and oxygen atoms in total. The van der Waals surface area contributed by atoms with Crippen LogP contribution in [0, 0.1) is 0 Å². The first kappa shape index (κ1) is 27.6. The summed E-state index contributed by atoms with van der Waals surface area (Å²) in [5, 5.41) is 5.89. The van der Waals surface area contributed by atoms with E-state index in [1.54, 1.807) is 38.5 Å². The van der Waals surface area contributed by atoms with Gasteiger partial charge in [0.2, 0.25) is 0 Å². The minimum Gasteiger partial charge on any atom is -0.497 e. The molecule has 2 amide bonds. The van der Waals surface area contributed by atoms with Crippen LogP contribution in [0.25, 0.3) is 0 Å². The lowest BCUT2D eigenvalue weighted by Gasteiger charge is -2.38. The summed E-state index contributed by atoms with van der Waals surface area (Å²) in [6.07, 6.45) is 0.826. The number of nitrogens with one attached hydrogen (secondary N) is 2. The number of nitrogens with zero attached hydrogens (tertiary/aromatic N) is 2. The molecule has 3 aromatic carbocycles. The summed E-state index contributed by atoms with van der Waals surface area (Å²) in [6, 6.07) is 18.5. The van der Waals surface area contributed by atoms with E-state index in [0.717, 1.165) is 49.7 Å². The summed E-state index contributed by atoms with van der Waals surface area (Å²) in [6.45, 7) is 5.62.